The van der Waals surface area contributed by atoms with Gasteiger partial charge in [0.25, 0.3) is 5.22 Å². The zero-order valence-corrected chi connectivity index (χ0v) is 17.2. The van der Waals surface area contributed by atoms with Gasteiger partial charge in [0.15, 0.2) is 5.78 Å². The number of amides is 1. The van der Waals surface area contributed by atoms with Crippen molar-refractivity contribution in [1.29, 1.82) is 0 Å². The van der Waals surface area contributed by atoms with E-state index in [9.17, 15) is 9.59 Å². The molecule has 6 nitrogen and oxygen atoms in total. The molecule has 0 spiro atoms. The molecule has 0 radical (unpaired) electrons. The van der Waals surface area contributed by atoms with Gasteiger partial charge in [-0.15, -0.1) is 10.2 Å². The van der Waals surface area contributed by atoms with Crippen LogP contribution in [0.4, 0.5) is 5.69 Å². The molecule has 0 aliphatic carbocycles. The summed E-state index contributed by atoms with van der Waals surface area (Å²) < 4.78 is 6.56. The normalized spacial score (nSPS) is 13.9. The molecule has 1 aliphatic rings. The van der Waals surface area contributed by atoms with Crippen molar-refractivity contribution in [3.8, 4) is 11.5 Å². The quantitative estimate of drug-likeness (QED) is 0.397. The van der Waals surface area contributed by atoms with Gasteiger partial charge in [-0.2, -0.15) is 0 Å². The smallest absolute Gasteiger partial charge is 0.277 e. The SMILES string of the molecule is O=C(CSc1nnc(-c2cccc(Br)c2)o1)c1ccc(N2CCCC2=O)cc1. The number of anilines is 1. The third-order valence-electron chi connectivity index (χ3n) is 4.38. The van der Waals surface area contributed by atoms with E-state index < -0.39 is 0 Å². The highest BCUT2D eigenvalue weighted by Gasteiger charge is 2.21. The van der Waals surface area contributed by atoms with Crippen LogP contribution in [-0.2, 0) is 4.79 Å². The van der Waals surface area contributed by atoms with Crippen molar-refractivity contribution >= 4 is 45.1 Å². The van der Waals surface area contributed by atoms with Crippen LogP contribution < -0.4 is 4.90 Å². The van der Waals surface area contributed by atoms with Gasteiger partial charge >= 0.3 is 0 Å². The van der Waals surface area contributed by atoms with Crippen LogP contribution in [0.3, 0.4) is 0 Å². The number of carbonyl (C=O) groups excluding carboxylic acids is 2. The first-order valence-electron chi connectivity index (χ1n) is 8.76. The summed E-state index contributed by atoms with van der Waals surface area (Å²) in [7, 11) is 0. The molecule has 2 aromatic carbocycles. The maximum Gasteiger partial charge on any atom is 0.277 e. The molecule has 1 aliphatic heterocycles. The maximum absolute atomic E-state index is 12.4. The van der Waals surface area contributed by atoms with Crippen molar-refractivity contribution in [2.45, 2.75) is 18.1 Å². The highest BCUT2D eigenvalue weighted by Crippen LogP contribution is 2.26. The van der Waals surface area contributed by atoms with E-state index in [1.165, 1.54) is 11.8 Å². The molecule has 3 aromatic rings. The predicted octanol–water partition coefficient (Wildman–Crippen LogP) is 4.60. The van der Waals surface area contributed by atoms with E-state index in [2.05, 4.69) is 26.1 Å². The number of rotatable bonds is 6. The molecule has 4 rings (SSSR count). The van der Waals surface area contributed by atoms with Gasteiger partial charge in [-0.25, -0.2) is 0 Å². The molecule has 0 atom stereocenters. The number of Topliss-reactive ketones (excluding diaryl/α,β-unsaturated/α-hetero) is 1. The Morgan fingerprint density at radius 2 is 2.00 bits per heavy atom. The summed E-state index contributed by atoms with van der Waals surface area (Å²) in [6.07, 6.45) is 1.46. The molecule has 0 bridgehead atoms. The van der Waals surface area contributed by atoms with Gasteiger partial charge in [-0.1, -0.05) is 33.8 Å². The van der Waals surface area contributed by atoms with Crippen molar-refractivity contribution in [1.82, 2.24) is 10.2 Å². The molecule has 2 heterocycles. The summed E-state index contributed by atoms with van der Waals surface area (Å²) in [6, 6.07) is 14.7. The van der Waals surface area contributed by atoms with E-state index in [0.717, 1.165) is 28.7 Å². The third kappa shape index (κ3) is 4.18. The zero-order valence-electron chi connectivity index (χ0n) is 14.8. The lowest BCUT2D eigenvalue weighted by atomic mass is 10.1. The van der Waals surface area contributed by atoms with Crippen LogP contribution in [0.2, 0.25) is 0 Å². The van der Waals surface area contributed by atoms with E-state index >= 15 is 0 Å². The van der Waals surface area contributed by atoms with Crippen molar-refractivity contribution in [3.63, 3.8) is 0 Å². The second kappa shape index (κ2) is 8.28. The van der Waals surface area contributed by atoms with E-state index in [1.54, 1.807) is 17.0 Å². The second-order valence-corrected chi connectivity index (χ2v) is 8.13. The van der Waals surface area contributed by atoms with E-state index in [1.807, 2.05) is 36.4 Å². The van der Waals surface area contributed by atoms with Crippen LogP contribution >= 0.6 is 27.7 Å². The number of ketones is 1. The van der Waals surface area contributed by atoms with Gasteiger partial charge in [0.2, 0.25) is 11.8 Å². The van der Waals surface area contributed by atoms with Crippen LogP contribution in [0.15, 0.2) is 62.6 Å². The summed E-state index contributed by atoms with van der Waals surface area (Å²) in [5, 5.41) is 8.38. The second-order valence-electron chi connectivity index (χ2n) is 6.29. The average Bonchev–Trinajstić information content (AvgIpc) is 3.35. The van der Waals surface area contributed by atoms with Crippen molar-refractivity contribution in [3.05, 3.63) is 58.6 Å². The fourth-order valence-corrected chi connectivity index (χ4v) is 4.02. The molecular weight excluding hydrogens is 442 g/mol. The predicted molar refractivity (Wildman–Crippen MR) is 111 cm³/mol. The maximum atomic E-state index is 12.4. The lowest BCUT2D eigenvalue weighted by molar-refractivity contribution is -0.117. The Kier molecular flexibility index (Phi) is 5.59. The molecule has 142 valence electrons. The van der Waals surface area contributed by atoms with Gasteiger partial charge in [0, 0.05) is 34.3 Å². The van der Waals surface area contributed by atoms with Crippen LogP contribution in [0, 0.1) is 0 Å². The lowest BCUT2D eigenvalue weighted by Gasteiger charge is -2.15. The average molecular weight is 458 g/mol. The summed E-state index contributed by atoms with van der Waals surface area (Å²) in [5.41, 5.74) is 2.24. The Labute approximate surface area is 174 Å². The minimum atomic E-state index is -0.0356. The number of carbonyl (C=O) groups is 2. The number of hydrogen-bond donors (Lipinski definition) is 0. The summed E-state index contributed by atoms with van der Waals surface area (Å²) in [6.45, 7) is 0.736. The van der Waals surface area contributed by atoms with Crippen LogP contribution in [-0.4, -0.2) is 34.2 Å². The Balaban J connectivity index is 1.37. The Bertz CT molecular complexity index is 1020. The number of nitrogens with zero attached hydrogens (tertiary/aromatic N) is 3. The first-order chi connectivity index (χ1) is 13.6. The number of halogens is 1. The lowest BCUT2D eigenvalue weighted by Crippen LogP contribution is -2.23. The van der Waals surface area contributed by atoms with Gasteiger partial charge in [0.1, 0.15) is 0 Å². The van der Waals surface area contributed by atoms with Gasteiger partial charge in [0.05, 0.1) is 5.75 Å². The first kappa shape index (κ1) is 18.9. The zero-order chi connectivity index (χ0) is 19.5. The number of hydrogen-bond acceptors (Lipinski definition) is 6. The fraction of sp³-hybridized carbons (Fsp3) is 0.200. The number of aromatic nitrogens is 2. The summed E-state index contributed by atoms with van der Waals surface area (Å²) >= 11 is 4.62. The molecule has 1 amide bonds. The topological polar surface area (TPSA) is 76.3 Å². The highest BCUT2D eigenvalue weighted by molar-refractivity contribution is 9.10. The minimum absolute atomic E-state index is 0.0356. The highest BCUT2D eigenvalue weighted by atomic mass is 79.9. The van der Waals surface area contributed by atoms with Gasteiger partial charge in [-0.05, 0) is 48.9 Å². The van der Waals surface area contributed by atoms with Crippen LogP contribution in [0.5, 0.6) is 0 Å². The van der Waals surface area contributed by atoms with E-state index in [-0.39, 0.29) is 17.4 Å². The Hall–Kier alpha value is -2.45. The molecule has 28 heavy (non-hydrogen) atoms. The third-order valence-corrected chi connectivity index (χ3v) is 5.69. The van der Waals surface area contributed by atoms with Crippen molar-refractivity contribution in [2.24, 2.45) is 0 Å². The van der Waals surface area contributed by atoms with Crippen LogP contribution in [0.1, 0.15) is 23.2 Å². The van der Waals surface area contributed by atoms with Gasteiger partial charge < -0.3 is 9.32 Å². The first-order valence-corrected chi connectivity index (χ1v) is 10.5. The Morgan fingerprint density at radius 3 is 2.71 bits per heavy atom. The molecule has 0 unspecified atom stereocenters. The monoisotopic (exact) mass is 457 g/mol. The molecular formula is C20H16BrN3O3S. The number of thioether (sulfide) groups is 1. The Morgan fingerprint density at radius 1 is 1.18 bits per heavy atom. The number of benzene rings is 2. The molecule has 1 aromatic heterocycles. The molecule has 8 heteroatoms. The van der Waals surface area contributed by atoms with E-state index in [0.29, 0.717) is 23.1 Å². The van der Waals surface area contributed by atoms with Crippen molar-refractivity contribution in [2.75, 3.05) is 17.2 Å². The minimum Gasteiger partial charge on any atom is -0.411 e. The summed E-state index contributed by atoms with van der Waals surface area (Å²) in [4.78, 5) is 26.0. The molecule has 0 N–H and O–H groups in total. The summed E-state index contributed by atoms with van der Waals surface area (Å²) in [5.74, 6) is 0.705. The van der Waals surface area contributed by atoms with Gasteiger partial charge in [-0.3, -0.25) is 9.59 Å². The fourth-order valence-electron chi connectivity index (χ4n) is 2.97. The molecule has 1 fully saturated rings. The van der Waals surface area contributed by atoms with E-state index in [4.69, 9.17) is 4.42 Å². The molecule has 1 saturated heterocycles. The largest absolute Gasteiger partial charge is 0.411 e. The van der Waals surface area contributed by atoms with Crippen molar-refractivity contribution < 1.29 is 14.0 Å². The standard InChI is InChI=1S/C20H16BrN3O3S/c21-15-4-1-3-14(11-15)19-22-23-20(27-19)28-12-17(25)13-6-8-16(9-7-13)24-10-2-5-18(24)26/h1,3-4,6-9,11H,2,5,10,12H2. The van der Waals surface area contributed by atoms with Crippen LogP contribution in [0.25, 0.3) is 11.5 Å². The molecule has 0 saturated carbocycles.